The molecule has 1 aliphatic rings. The van der Waals surface area contributed by atoms with E-state index in [0.717, 1.165) is 41.8 Å². The van der Waals surface area contributed by atoms with Gasteiger partial charge < -0.3 is 19.2 Å². The third kappa shape index (κ3) is 4.93. The van der Waals surface area contributed by atoms with Crippen LogP contribution in [0.5, 0.6) is 0 Å². The van der Waals surface area contributed by atoms with E-state index in [4.69, 9.17) is 13.9 Å². The number of fused-ring (bicyclic) bond motifs is 1. The van der Waals surface area contributed by atoms with Crippen molar-refractivity contribution in [3.8, 4) is 0 Å². The summed E-state index contributed by atoms with van der Waals surface area (Å²) < 4.78 is 15.0. The molecule has 2 aromatic rings. The first kappa shape index (κ1) is 22.5. The highest BCUT2D eigenvalue weighted by atomic mass is 32.1. The fraction of sp³-hybridized carbons (Fsp3) is 0.450. The van der Waals surface area contributed by atoms with Gasteiger partial charge in [-0.3, -0.25) is 14.9 Å². The number of esters is 2. The van der Waals surface area contributed by atoms with E-state index in [1.54, 1.807) is 6.92 Å². The van der Waals surface area contributed by atoms with Gasteiger partial charge in [-0.15, -0.1) is 11.3 Å². The Bertz CT molecular complexity index is 1020. The standard InChI is InChI=1S/C20H22N2O8S/c1-4-28-20(25)16-12-6-5-10(2)9-14(12)31-18(16)21-17(23)11(3)29-19(24)13-7-8-15(30-13)22(26)27/h7-8,10-11H,4-6,9H2,1-3H3,(H,21,23)/t10-,11+/m0/s1. The molecule has 11 heteroatoms. The Labute approximate surface area is 181 Å². The molecular weight excluding hydrogens is 428 g/mol. The summed E-state index contributed by atoms with van der Waals surface area (Å²) >= 11 is 1.32. The molecule has 3 rings (SSSR count). The molecule has 31 heavy (non-hydrogen) atoms. The molecule has 0 spiro atoms. The van der Waals surface area contributed by atoms with Gasteiger partial charge in [-0.25, -0.2) is 9.59 Å². The van der Waals surface area contributed by atoms with E-state index >= 15 is 0 Å². The summed E-state index contributed by atoms with van der Waals surface area (Å²) in [5.41, 5.74) is 1.24. The van der Waals surface area contributed by atoms with Crippen molar-refractivity contribution in [2.45, 2.75) is 46.1 Å². The van der Waals surface area contributed by atoms with Crippen LogP contribution in [0.4, 0.5) is 10.9 Å². The lowest BCUT2D eigenvalue weighted by molar-refractivity contribution is -0.402. The van der Waals surface area contributed by atoms with E-state index in [0.29, 0.717) is 16.5 Å². The van der Waals surface area contributed by atoms with Gasteiger partial charge in [0, 0.05) is 4.88 Å². The molecule has 0 unspecified atom stereocenters. The molecule has 0 saturated carbocycles. The highest BCUT2D eigenvalue weighted by molar-refractivity contribution is 7.17. The molecule has 0 bridgehead atoms. The third-order valence-corrected chi connectivity index (χ3v) is 6.02. The molecule has 0 aliphatic heterocycles. The number of anilines is 1. The fourth-order valence-electron chi connectivity index (χ4n) is 3.28. The molecule has 1 amide bonds. The lowest BCUT2D eigenvalue weighted by Gasteiger charge is -2.18. The number of thiophene rings is 1. The van der Waals surface area contributed by atoms with Crippen LogP contribution in [0.3, 0.4) is 0 Å². The highest BCUT2D eigenvalue weighted by Crippen LogP contribution is 2.40. The van der Waals surface area contributed by atoms with Crippen molar-refractivity contribution in [1.29, 1.82) is 0 Å². The van der Waals surface area contributed by atoms with Gasteiger partial charge in [0.15, 0.2) is 6.10 Å². The Morgan fingerprint density at radius 3 is 2.74 bits per heavy atom. The van der Waals surface area contributed by atoms with Crippen molar-refractivity contribution in [3.05, 3.63) is 44.0 Å². The Morgan fingerprint density at radius 1 is 1.35 bits per heavy atom. The van der Waals surface area contributed by atoms with E-state index in [-0.39, 0.29) is 12.4 Å². The lowest BCUT2D eigenvalue weighted by atomic mass is 9.88. The van der Waals surface area contributed by atoms with Crippen LogP contribution in [0.2, 0.25) is 0 Å². The quantitative estimate of drug-likeness (QED) is 0.382. The number of hydrogen-bond acceptors (Lipinski definition) is 9. The zero-order valence-corrected chi connectivity index (χ0v) is 18.1. The Hall–Kier alpha value is -3.21. The second-order valence-electron chi connectivity index (χ2n) is 7.21. The van der Waals surface area contributed by atoms with Crippen LogP contribution in [-0.2, 0) is 27.1 Å². The summed E-state index contributed by atoms with van der Waals surface area (Å²) in [4.78, 5) is 48.2. The predicted octanol–water partition coefficient (Wildman–Crippen LogP) is 3.73. The second kappa shape index (κ2) is 9.29. The molecule has 1 N–H and O–H groups in total. The number of carbonyl (C=O) groups excluding carboxylic acids is 3. The molecule has 166 valence electrons. The van der Waals surface area contributed by atoms with Crippen molar-refractivity contribution in [1.82, 2.24) is 0 Å². The highest BCUT2D eigenvalue weighted by Gasteiger charge is 2.31. The molecule has 0 fully saturated rings. The molecule has 0 aromatic carbocycles. The number of amides is 1. The summed E-state index contributed by atoms with van der Waals surface area (Å²) in [6.07, 6.45) is 1.24. The van der Waals surface area contributed by atoms with Crippen molar-refractivity contribution in [2.24, 2.45) is 5.92 Å². The van der Waals surface area contributed by atoms with Crippen LogP contribution < -0.4 is 5.32 Å². The van der Waals surface area contributed by atoms with Crippen molar-refractivity contribution < 1.29 is 33.2 Å². The van der Waals surface area contributed by atoms with Gasteiger partial charge in [0.25, 0.3) is 5.91 Å². The number of furan rings is 1. The van der Waals surface area contributed by atoms with E-state index in [1.165, 1.54) is 18.3 Å². The van der Waals surface area contributed by atoms with Gasteiger partial charge in [-0.05, 0) is 50.7 Å². The normalized spacial score (nSPS) is 16.2. The first-order valence-electron chi connectivity index (χ1n) is 9.79. The van der Waals surface area contributed by atoms with Crippen molar-refractivity contribution >= 4 is 40.1 Å². The molecular formula is C20H22N2O8S. The largest absolute Gasteiger partial charge is 0.462 e. The average molecular weight is 450 g/mol. The van der Waals surface area contributed by atoms with Gasteiger partial charge in [0.2, 0.25) is 5.76 Å². The molecule has 2 heterocycles. The van der Waals surface area contributed by atoms with Crippen LogP contribution in [0.1, 0.15) is 58.5 Å². The van der Waals surface area contributed by atoms with Crippen LogP contribution in [0.15, 0.2) is 16.5 Å². The van der Waals surface area contributed by atoms with E-state index in [9.17, 15) is 24.5 Å². The minimum absolute atomic E-state index is 0.205. The van der Waals surface area contributed by atoms with Gasteiger partial charge in [-0.1, -0.05) is 6.92 Å². The minimum Gasteiger partial charge on any atom is -0.462 e. The van der Waals surface area contributed by atoms with E-state index < -0.39 is 34.8 Å². The Balaban J connectivity index is 1.74. The SMILES string of the molecule is CCOC(=O)c1c(NC(=O)[C@@H](C)OC(=O)c2ccc([N+](=O)[O-])o2)sc2c1CC[C@H](C)C2. The first-order valence-corrected chi connectivity index (χ1v) is 10.6. The van der Waals surface area contributed by atoms with Crippen LogP contribution in [-0.4, -0.2) is 35.5 Å². The number of rotatable bonds is 7. The van der Waals surface area contributed by atoms with Crippen molar-refractivity contribution in [3.63, 3.8) is 0 Å². The predicted molar refractivity (Wildman–Crippen MR) is 110 cm³/mol. The molecule has 2 atom stereocenters. The van der Waals surface area contributed by atoms with Gasteiger partial charge >= 0.3 is 17.8 Å². The van der Waals surface area contributed by atoms with Gasteiger partial charge in [0.1, 0.15) is 9.92 Å². The maximum Gasteiger partial charge on any atom is 0.433 e. The zero-order valence-electron chi connectivity index (χ0n) is 17.3. The van der Waals surface area contributed by atoms with E-state index in [2.05, 4.69) is 12.2 Å². The second-order valence-corrected chi connectivity index (χ2v) is 8.31. The molecule has 0 radical (unpaired) electrons. The summed E-state index contributed by atoms with van der Waals surface area (Å²) in [6.45, 7) is 5.39. The maximum absolute atomic E-state index is 12.6. The minimum atomic E-state index is -1.23. The van der Waals surface area contributed by atoms with Gasteiger partial charge in [0.05, 0.1) is 18.2 Å². The zero-order chi connectivity index (χ0) is 22.7. The summed E-state index contributed by atoms with van der Waals surface area (Å²) in [7, 11) is 0. The first-order chi connectivity index (χ1) is 14.7. The molecule has 0 saturated heterocycles. The number of nitrogens with one attached hydrogen (secondary N) is 1. The van der Waals surface area contributed by atoms with Crippen LogP contribution in [0, 0.1) is 16.0 Å². The Kier molecular flexibility index (Phi) is 6.74. The maximum atomic E-state index is 12.6. The number of nitrogens with zero attached hydrogens (tertiary/aromatic N) is 1. The fourth-order valence-corrected chi connectivity index (χ4v) is 4.68. The van der Waals surface area contributed by atoms with Crippen LogP contribution >= 0.6 is 11.3 Å². The van der Waals surface area contributed by atoms with E-state index in [1.807, 2.05) is 0 Å². The topological polar surface area (TPSA) is 138 Å². The number of hydrogen-bond donors (Lipinski definition) is 1. The third-order valence-electron chi connectivity index (χ3n) is 4.85. The lowest BCUT2D eigenvalue weighted by Crippen LogP contribution is -2.30. The smallest absolute Gasteiger partial charge is 0.433 e. The van der Waals surface area contributed by atoms with Crippen molar-refractivity contribution in [2.75, 3.05) is 11.9 Å². The molecule has 1 aliphatic carbocycles. The molecule has 2 aromatic heterocycles. The number of nitro groups is 1. The summed E-state index contributed by atoms with van der Waals surface area (Å²) in [5, 5.41) is 13.7. The molecule has 10 nitrogen and oxygen atoms in total. The monoisotopic (exact) mass is 450 g/mol. The van der Waals surface area contributed by atoms with Gasteiger partial charge in [-0.2, -0.15) is 0 Å². The number of ether oxygens (including phenoxy) is 2. The average Bonchev–Trinajstić information content (AvgIpc) is 3.32. The Morgan fingerprint density at radius 2 is 2.10 bits per heavy atom. The summed E-state index contributed by atoms with van der Waals surface area (Å²) in [6, 6.07) is 2.11. The summed E-state index contributed by atoms with van der Waals surface area (Å²) in [5.74, 6) is -2.69. The number of carbonyl (C=O) groups is 3. The van der Waals surface area contributed by atoms with Crippen LogP contribution in [0.25, 0.3) is 0 Å².